The highest BCUT2D eigenvalue weighted by Gasteiger charge is 2.42. The highest BCUT2D eigenvalue weighted by atomic mass is 31.2. The van der Waals surface area contributed by atoms with Crippen molar-refractivity contribution in [3.63, 3.8) is 0 Å². The van der Waals surface area contributed by atoms with Gasteiger partial charge in [0.1, 0.15) is 30.0 Å². The number of aliphatic hydroxyl groups excluding tert-OH is 1. The zero-order valence-corrected chi connectivity index (χ0v) is 26.0. The van der Waals surface area contributed by atoms with Crippen LogP contribution in [0.2, 0.25) is 0 Å². The lowest BCUT2D eigenvalue weighted by Gasteiger charge is -2.32. The highest BCUT2D eigenvalue weighted by molar-refractivity contribution is 7.58. The van der Waals surface area contributed by atoms with E-state index in [1.807, 2.05) is 6.92 Å². The van der Waals surface area contributed by atoms with Gasteiger partial charge in [0.2, 0.25) is 36.9 Å². The van der Waals surface area contributed by atoms with Crippen molar-refractivity contribution in [2.24, 2.45) is 0 Å². The molecular formula is C30H44N5O8P. The van der Waals surface area contributed by atoms with Gasteiger partial charge in [-0.3, -0.25) is 28.5 Å². The van der Waals surface area contributed by atoms with Crippen molar-refractivity contribution in [2.75, 3.05) is 25.9 Å². The van der Waals surface area contributed by atoms with Crippen molar-refractivity contribution in [3.8, 4) is 0 Å². The number of rotatable bonds is 6. The second kappa shape index (κ2) is 15.1. The number of carbonyl (C=O) groups is 5. The minimum Gasteiger partial charge on any atom is -0.394 e. The SMILES string of the molecule is CCCC[C@@H]1NC(=O)[C@@H]2CCCN2C(=O)CCP(=O)(O)[C@@H](Cc2ccccc2)NC(=O)[C@@H]2CCCN2C(=O)[C@H](CO)NC1=O. The van der Waals surface area contributed by atoms with Gasteiger partial charge in [-0.2, -0.15) is 0 Å². The van der Waals surface area contributed by atoms with E-state index in [0.717, 1.165) is 6.42 Å². The average Bonchev–Trinajstić information content (AvgIpc) is 3.71. The number of amides is 5. The zero-order chi connectivity index (χ0) is 31.9. The van der Waals surface area contributed by atoms with Crippen molar-refractivity contribution in [2.45, 2.75) is 94.7 Å². The van der Waals surface area contributed by atoms with E-state index < -0.39 is 79.6 Å². The zero-order valence-electron chi connectivity index (χ0n) is 25.2. The molecule has 1 aromatic carbocycles. The van der Waals surface area contributed by atoms with Crippen LogP contribution in [0.25, 0.3) is 0 Å². The Morgan fingerprint density at radius 1 is 0.864 bits per heavy atom. The Morgan fingerprint density at radius 3 is 2.14 bits per heavy atom. The summed E-state index contributed by atoms with van der Waals surface area (Å²) >= 11 is 0. The van der Waals surface area contributed by atoms with Crippen molar-refractivity contribution >= 4 is 36.9 Å². The topological polar surface area (TPSA) is 185 Å². The largest absolute Gasteiger partial charge is 0.394 e. The van der Waals surface area contributed by atoms with E-state index in [9.17, 15) is 38.5 Å². The summed E-state index contributed by atoms with van der Waals surface area (Å²) < 4.78 is 13.8. The first-order valence-electron chi connectivity index (χ1n) is 15.5. The standard InChI is InChI=1S/C30H44N5O8P/c1-2-3-11-21-27(38)32-22(19-36)30(41)35-16-8-13-24(35)29(40)33-25(18-20-9-5-4-6-10-20)44(42,43)17-14-26(37)34-15-7-12-23(34)28(39)31-21/h4-6,9-10,21-25,36H,2-3,7-8,11-19H2,1H3,(H,31,39)(H,32,38)(H,33,40)(H,42,43)/t21-,22-,23-,24-,25-/m0/s1. The third-order valence-electron chi connectivity index (χ3n) is 8.70. The molecule has 0 radical (unpaired) electrons. The molecule has 5 amide bonds. The van der Waals surface area contributed by atoms with Crippen LogP contribution in [-0.2, 0) is 35.0 Å². The van der Waals surface area contributed by atoms with Crippen LogP contribution in [0.4, 0.5) is 0 Å². The molecule has 14 heteroatoms. The molecule has 0 aromatic heterocycles. The third-order valence-corrected chi connectivity index (χ3v) is 10.9. The van der Waals surface area contributed by atoms with Crippen LogP contribution in [0.1, 0.15) is 63.9 Å². The molecule has 3 fully saturated rings. The molecule has 13 nitrogen and oxygen atoms in total. The van der Waals surface area contributed by atoms with E-state index in [2.05, 4.69) is 16.0 Å². The fourth-order valence-electron chi connectivity index (χ4n) is 6.19. The molecule has 242 valence electrons. The summed E-state index contributed by atoms with van der Waals surface area (Å²) in [4.78, 5) is 81.1. The fourth-order valence-corrected chi connectivity index (χ4v) is 7.84. The molecule has 3 aliphatic rings. The Kier molecular flexibility index (Phi) is 11.6. The second-order valence-corrected chi connectivity index (χ2v) is 14.4. The molecule has 1 aromatic rings. The van der Waals surface area contributed by atoms with Gasteiger partial charge in [-0.1, -0.05) is 50.1 Å². The Bertz CT molecular complexity index is 1260. The number of carbonyl (C=O) groups excluding carboxylic acids is 5. The van der Waals surface area contributed by atoms with E-state index in [4.69, 9.17) is 0 Å². The predicted octanol–water partition coefficient (Wildman–Crippen LogP) is 0.480. The van der Waals surface area contributed by atoms with Crippen LogP contribution in [0.3, 0.4) is 0 Å². The molecule has 4 rings (SSSR count). The predicted molar refractivity (Wildman–Crippen MR) is 161 cm³/mol. The summed E-state index contributed by atoms with van der Waals surface area (Å²) in [7, 11) is -4.18. The van der Waals surface area contributed by atoms with E-state index in [1.54, 1.807) is 30.3 Å². The van der Waals surface area contributed by atoms with E-state index in [1.165, 1.54) is 9.80 Å². The quantitative estimate of drug-likeness (QED) is 0.280. The summed E-state index contributed by atoms with van der Waals surface area (Å²) in [6.45, 7) is 1.70. The normalized spacial score (nSPS) is 31.0. The van der Waals surface area contributed by atoms with Gasteiger partial charge < -0.3 is 35.8 Å². The van der Waals surface area contributed by atoms with E-state index >= 15 is 0 Å². The number of hydrogen-bond donors (Lipinski definition) is 5. The lowest BCUT2D eigenvalue weighted by Crippen LogP contribution is -2.59. The summed E-state index contributed by atoms with van der Waals surface area (Å²) in [5.41, 5.74) is 0.705. The van der Waals surface area contributed by atoms with Crippen molar-refractivity contribution in [1.29, 1.82) is 0 Å². The molecule has 3 saturated heterocycles. The number of aliphatic hydroxyl groups is 1. The number of unbranched alkanes of at least 4 members (excludes halogenated alkanes) is 1. The van der Waals surface area contributed by atoms with Crippen LogP contribution in [0.15, 0.2) is 30.3 Å². The van der Waals surface area contributed by atoms with Crippen LogP contribution >= 0.6 is 7.37 Å². The highest BCUT2D eigenvalue weighted by Crippen LogP contribution is 2.47. The van der Waals surface area contributed by atoms with Crippen molar-refractivity contribution in [3.05, 3.63) is 35.9 Å². The number of hydrogen-bond acceptors (Lipinski definition) is 7. The molecule has 0 bridgehead atoms. The van der Waals surface area contributed by atoms with Crippen LogP contribution in [0, 0.1) is 0 Å². The Balaban J connectivity index is 1.67. The van der Waals surface area contributed by atoms with Crippen LogP contribution in [0.5, 0.6) is 0 Å². The maximum atomic E-state index is 13.8. The van der Waals surface area contributed by atoms with Gasteiger partial charge in [0.25, 0.3) is 0 Å². The third kappa shape index (κ3) is 8.05. The lowest BCUT2D eigenvalue weighted by atomic mass is 10.1. The smallest absolute Gasteiger partial charge is 0.248 e. The second-order valence-electron chi connectivity index (χ2n) is 11.8. The van der Waals surface area contributed by atoms with Gasteiger partial charge >= 0.3 is 0 Å². The van der Waals surface area contributed by atoms with Gasteiger partial charge in [-0.05, 0) is 37.7 Å². The molecule has 3 heterocycles. The molecule has 0 saturated carbocycles. The van der Waals surface area contributed by atoms with E-state index in [0.29, 0.717) is 44.2 Å². The first kappa shape index (κ1) is 33.6. The minimum absolute atomic E-state index is 0.0262. The summed E-state index contributed by atoms with van der Waals surface area (Å²) in [5, 5.41) is 18.1. The molecule has 3 aliphatic heterocycles. The first-order chi connectivity index (χ1) is 21.1. The average molecular weight is 634 g/mol. The lowest BCUT2D eigenvalue weighted by molar-refractivity contribution is -0.143. The number of benzene rings is 1. The van der Waals surface area contributed by atoms with Crippen LogP contribution < -0.4 is 16.0 Å². The van der Waals surface area contributed by atoms with Crippen molar-refractivity contribution < 1.29 is 38.5 Å². The van der Waals surface area contributed by atoms with Gasteiger partial charge in [-0.15, -0.1) is 0 Å². The Labute approximate surface area is 257 Å². The number of nitrogens with zero attached hydrogens (tertiary/aromatic N) is 2. The fraction of sp³-hybridized carbons (Fsp3) is 0.633. The van der Waals surface area contributed by atoms with Gasteiger partial charge in [0, 0.05) is 32.1 Å². The molecule has 1 unspecified atom stereocenters. The van der Waals surface area contributed by atoms with Gasteiger partial charge in [0.05, 0.1) is 6.61 Å². The molecule has 44 heavy (non-hydrogen) atoms. The van der Waals surface area contributed by atoms with E-state index in [-0.39, 0.29) is 25.8 Å². The summed E-state index contributed by atoms with van der Waals surface area (Å²) in [5.74, 6) is -4.10. The Hall–Kier alpha value is -3.28. The molecule has 0 spiro atoms. The molecule has 6 atom stereocenters. The maximum Gasteiger partial charge on any atom is 0.248 e. The molecule has 0 aliphatic carbocycles. The summed E-state index contributed by atoms with van der Waals surface area (Å²) in [6, 6.07) is 4.69. The van der Waals surface area contributed by atoms with Crippen molar-refractivity contribution in [1.82, 2.24) is 25.8 Å². The molecular weight excluding hydrogens is 589 g/mol. The number of nitrogens with one attached hydrogen (secondary N) is 3. The van der Waals surface area contributed by atoms with Crippen LogP contribution in [-0.4, -0.2) is 105 Å². The maximum absolute atomic E-state index is 13.8. The van der Waals surface area contributed by atoms with Gasteiger partial charge in [-0.25, -0.2) is 0 Å². The van der Waals surface area contributed by atoms with Gasteiger partial charge in [0.15, 0.2) is 0 Å². The monoisotopic (exact) mass is 633 g/mol. The Morgan fingerprint density at radius 2 is 1.48 bits per heavy atom. The number of fused-ring (bicyclic) bond motifs is 2. The molecule has 5 N–H and O–H groups in total. The minimum atomic E-state index is -4.18. The summed E-state index contributed by atoms with van der Waals surface area (Å²) in [6.07, 6.45) is 2.65. The first-order valence-corrected chi connectivity index (χ1v) is 17.4.